The zero-order chi connectivity index (χ0) is 13.5. The van der Waals surface area contributed by atoms with Crippen molar-refractivity contribution in [3.8, 4) is 5.75 Å². The highest BCUT2D eigenvalue weighted by Gasteiger charge is 2.21. The Morgan fingerprint density at radius 1 is 1.05 bits per heavy atom. The van der Waals surface area contributed by atoms with E-state index >= 15 is 0 Å². The van der Waals surface area contributed by atoms with Gasteiger partial charge in [-0.2, -0.15) is 0 Å². The number of fused-ring (bicyclic) bond motifs is 2. The van der Waals surface area contributed by atoms with Gasteiger partial charge in [-0.3, -0.25) is 0 Å². The Labute approximate surface area is 115 Å². The Bertz CT molecular complexity index is 773. The number of aromatic nitrogens is 1. The predicted octanol–water partition coefficient (Wildman–Crippen LogP) is 4.02. The van der Waals surface area contributed by atoms with Crippen molar-refractivity contribution in [1.29, 1.82) is 0 Å². The van der Waals surface area contributed by atoms with E-state index in [0.29, 0.717) is 11.8 Å². The van der Waals surface area contributed by atoms with Crippen molar-refractivity contribution >= 4 is 22.4 Å². The highest BCUT2D eigenvalue weighted by molar-refractivity contribution is 5.77. The number of oxazole rings is 1. The van der Waals surface area contributed by atoms with Crippen molar-refractivity contribution in [1.82, 2.24) is 4.98 Å². The second kappa shape index (κ2) is 4.13. The molecular weight excluding hydrogens is 252 g/mol. The third-order valence-electron chi connectivity index (χ3n) is 3.30. The van der Waals surface area contributed by atoms with E-state index in [2.05, 4.69) is 10.3 Å². The lowest BCUT2D eigenvalue weighted by Gasteiger charge is -2.01. The van der Waals surface area contributed by atoms with Gasteiger partial charge in [0.25, 0.3) is 0 Å². The Hall–Kier alpha value is -2.75. The van der Waals surface area contributed by atoms with E-state index in [0.717, 1.165) is 28.1 Å². The molecule has 0 atom stereocenters. The SMILES string of the molecule is CC(=C1Nc2ccccc2O1)c1nc2ccccc2o1. The van der Waals surface area contributed by atoms with Gasteiger partial charge in [-0.15, -0.1) is 0 Å². The number of benzene rings is 2. The lowest BCUT2D eigenvalue weighted by molar-refractivity contribution is 0.455. The van der Waals surface area contributed by atoms with Crippen LogP contribution in [-0.4, -0.2) is 4.98 Å². The third kappa shape index (κ3) is 1.66. The molecule has 1 aliphatic rings. The molecule has 0 saturated carbocycles. The normalized spacial score (nSPS) is 15.7. The summed E-state index contributed by atoms with van der Waals surface area (Å²) in [6.45, 7) is 1.93. The molecule has 3 aromatic rings. The maximum Gasteiger partial charge on any atom is 0.228 e. The summed E-state index contributed by atoms with van der Waals surface area (Å²) in [5, 5.41) is 3.23. The van der Waals surface area contributed by atoms with Crippen LogP contribution in [0.2, 0.25) is 0 Å². The van der Waals surface area contributed by atoms with E-state index in [-0.39, 0.29) is 0 Å². The number of anilines is 1. The summed E-state index contributed by atoms with van der Waals surface area (Å²) in [6.07, 6.45) is 0. The fourth-order valence-corrected chi connectivity index (χ4v) is 2.22. The van der Waals surface area contributed by atoms with Crippen LogP contribution in [-0.2, 0) is 0 Å². The number of rotatable bonds is 1. The molecule has 0 amide bonds. The van der Waals surface area contributed by atoms with Crippen molar-refractivity contribution in [3.63, 3.8) is 0 Å². The molecule has 20 heavy (non-hydrogen) atoms. The van der Waals surface area contributed by atoms with Crippen molar-refractivity contribution in [2.24, 2.45) is 0 Å². The Morgan fingerprint density at radius 2 is 1.85 bits per heavy atom. The lowest BCUT2D eigenvalue weighted by atomic mass is 10.3. The fraction of sp³-hybridized carbons (Fsp3) is 0.0625. The van der Waals surface area contributed by atoms with Crippen molar-refractivity contribution < 1.29 is 9.15 Å². The molecular formula is C16H12N2O2. The standard InChI is InChI=1S/C16H12N2O2/c1-10(15-17-11-6-2-4-8-13(11)19-15)16-18-12-7-3-5-9-14(12)20-16/h2-9,17H,1H3. The summed E-state index contributed by atoms with van der Waals surface area (Å²) in [4.78, 5) is 4.48. The van der Waals surface area contributed by atoms with Crippen LogP contribution in [0.3, 0.4) is 0 Å². The van der Waals surface area contributed by atoms with E-state index in [4.69, 9.17) is 9.15 Å². The molecule has 0 fully saturated rings. The van der Waals surface area contributed by atoms with Crippen molar-refractivity contribution in [3.05, 3.63) is 60.3 Å². The maximum absolute atomic E-state index is 5.79. The monoisotopic (exact) mass is 264 g/mol. The van der Waals surface area contributed by atoms with Gasteiger partial charge in [0.15, 0.2) is 11.3 Å². The number of allylic oxidation sites excluding steroid dienone is 1. The molecule has 2 aromatic carbocycles. The predicted molar refractivity (Wildman–Crippen MR) is 77.3 cm³/mol. The van der Waals surface area contributed by atoms with Crippen molar-refractivity contribution in [2.75, 3.05) is 5.32 Å². The molecule has 1 aliphatic heterocycles. The van der Waals surface area contributed by atoms with Crippen LogP contribution in [0.25, 0.3) is 16.7 Å². The fourth-order valence-electron chi connectivity index (χ4n) is 2.22. The molecule has 0 aliphatic carbocycles. The number of ether oxygens (including phenoxy) is 1. The third-order valence-corrected chi connectivity index (χ3v) is 3.30. The number of hydrogen-bond donors (Lipinski definition) is 1. The van der Waals surface area contributed by atoms with E-state index in [9.17, 15) is 0 Å². The number of nitrogens with one attached hydrogen (secondary N) is 1. The number of para-hydroxylation sites is 4. The second-order valence-electron chi connectivity index (χ2n) is 4.66. The second-order valence-corrected chi connectivity index (χ2v) is 4.66. The van der Waals surface area contributed by atoms with Crippen LogP contribution in [0.1, 0.15) is 12.8 Å². The first kappa shape index (κ1) is 11.1. The Morgan fingerprint density at radius 3 is 2.70 bits per heavy atom. The summed E-state index contributed by atoms with van der Waals surface area (Å²) in [5.74, 6) is 2.05. The minimum absolute atomic E-state index is 0.571. The van der Waals surface area contributed by atoms with Crippen LogP contribution in [0.4, 0.5) is 5.69 Å². The van der Waals surface area contributed by atoms with Gasteiger partial charge in [0.2, 0.25) is 11.8 Å². The molecule has 4 nitrogen and oxygen atoms in total. The summed E-state index contributed by atoms with van der Waals surface area (Å²) in [7, 11) is 0. The van der Waals surface area contributed by atoms with Gasteiger partial charge >= 0.3 is 0 Å². The zero-order valence-corrected chi connectivity index (χ0v) is 10.9. The Balaban J connectivity index is 1.77. The van der Waals surface area contributed by atoms with Gasteiger partial charge in [-0.05, 0) is 31.2 Å². The molecule has 4 heteroatoms. The van der Waals surface area contributed by atoms with Gasteiger partial charge < -0.3 is 14.5 Å². The van der Waals surface area contributed by atoms with Crippen LogP contribution in [0.15, 0.2) is 58.8 Å². The zero-order valence-electron chi connectivity index (χ0n) is 10.9. The van der Waals surface area contributed by atoms with E-state index < -0.39 is 0 Å². The molecule has 0 unspecified atom stereocenters. The summed E-state index contributed by atoms with van der Waals surface area (Å²) in [5.41, 5.74) is 3.42. The van der Waals surface area contributed by atoms with Gasteiger partial charge in [-0.1, -0.05) is 24.3 Å². The summed E-state index contributed by atoms with van der Waals surface area (Å²) < 4.78 is 11.5. The van der Waals surface area contributed by atoms with Gasteiger partial charge in [-0.25, -0.2) is 4.98 Å². The summed E-state index contributed by atoms with van der Waals surface area (Å²) >= 11 is 0. The Kier molecular flexibility index (Phi) is 2.29. The first-order chi connectivity index (χ1) is 9.81. The van der Waals surface area contributed by atoms with E-state index in [1.54, 1.807) is 0 Å². The van der Waals surface area contributed by atoms with Gasteiger partial charge in [0.05, 0.1) is 11.3 Å². The van der Waals surface area contributed by atoms with Gasteiger partial charge in [0.1, 0.15) is 5.52 Å². The minimum Gasteiger partial charge on any atom is -0.438 e. The minimum atomic E-state index is 0.571. The molecule has 2 heterocycles. The molecule has 1 N–H and O–H groups in total. The van der Waals surface area contributed by atoms with Crippen molar-refractivity contribution in [2.45, 2.75) is 6.92 Å². The van der Waals surface area contributed by atoms with E-state index in [1.165, 1.54) is 0 Å². The number of nitrogens with zero attached hydrogens (tertiary/aromatic N) is 1. The van der Waals surface area contributed by atoms with Crippen LogP contribution in [0.5, 0.6) is 5.75 Å². The molecule has 98 valence electrons. The molecule has 4 rings (SSSR count). The largest absolute Gasteiger partial charge is 0.438 e. The average molecular weight is 264 g/mol. The molecule has 0 radical (unpaired) electrons. The van der Waals surface area contributed by atoms with Crippen LogP contribution >= 0.6 is 0 Å². The number of hydrogen-bond acceptors (Lipinski definition) is 4. The lowest BCUT2D eigenvalue weighted by Crippen LogP contribution is -2.00. The highest BCUT2D eigenvalue weighted by Crippen LogP contribution is 2.35. The summed E-state index contributed by atoms with van der Waals surface area (Å²) in [6, 6.07) is 15.5. The van der Waals surface area contributed by atoms with Crippen LogP contribution < -0.4 is 10.1 Å². The van der Waals surface area contributed by atoms with Crippen LogP contribution in [0, 0.1) is 0 Å². The maximum atomic E-state index is 5.79. The quantitative estimate of drug-likeness (QED) is 0.721. The smallest absolute Gasteiger partial charge is 0.228 e. The molecule has 0 spiro atoms. The highest BCUT2D eigenvalue weighted by atomic mass is 16.5. The molecule has 0 bridgehead atoms. The van der Waals surface area contributed by atoms with E-state index in [1.807, 2.05) is 55.5 Å². The average Bonchev–Trinajstić information content (AvgIpc) is 3.10. The molecule has 1 aromatic heterocycles. The molecule has 0 saturated heterocycles. The topological polar surface area (TPSA) is 47.3 Å². The first-order valence-electron chi connectivity index (χ1n) is 6.42. The first-order valence-corrected chi connectivity index (χ1v) is 6.42. The van der Waals surface area contributed by atoms with Gasteiger partial charge in [0, 0.05) is 0 Å².